The van der Waals surface area contributed by atoms with Gasteiger partial charge in [-0.15, -0.1) is 11.3 Å². The molecule has 2 aromatic rings. The summed E-state index contributed by atoms with van der Waals surface area (Å²) in [5, 5.41) is 9.55. The zero-order valence-corrected chi connectivity index (χ0v) is 10.1. The van der Waals surface area contributed by atoms with Crippen LogP contribution in [-0.2, 0) is 6.42 Å². The van der Waals surface area contributed by atoms with Crippen molar-refractivity contribution in [3.63, 3.8) is 0 Å². The minimum atomic E-state index is 0.134. The van der Waals surface area contributed by atoms with Gasteiger partial charge in [-0.25, -0.2) is 0 Å². The number of fused-ring (bicyclic) bond motifs is 1. The van der Waals surface area contributed by atoms with E-state index in [0.29, 0.717) is 5.92 Å². The standard InChI is InChI=1S/C12H15N3S/c1-7-12-9(13)5-8(6-10(12)15-14-7)11-3-2-4-16-11/h2-4,8-9H,5-6,13H2,1H3,(H,14,15). The van der Waals surface area contributed by atoms with Crippen LogP contribution in [0.4, 0.5) is 0 Å². The number of nitrogens with one attached hydrogen (secondary N) is 1. The zero-order valence-electron chi connectivity index (χ0n) is 9.23. The largest absolute Gasteiger partial charge is 0.324 e. The van der Waals surface area contributed by atoms with E-state index in [4.69, 9.17) is 5.73 Å². The Morgan fingerprint density at radius 2 is 2.44 bits per heavy atom. The summed E-state index contributed by atoms with van der Waals surface area (Å²) >= 11 is 1.82. The van der Waals surface area contributed by atoms with Crippen LogP contribution in [0.15, 0.2) is 17.5 Å². The molecular weight excluding hydrogens is 218 g/mol. The molecule has 2 heterocycles. The highest BCUT2D eigenvalue weighted by atomic mass is 32.1. The number of aromatic nitrogens is 2. The van der Waals surface area contributed by atoms with Gasteiger partial charge in [0.2, 0.25) is 0 Å². The molecule has 16 heavy (non-hydrogen) atoms. The summed E-state index contributed by atoms with van der Waals surface area (Å²) in [5.74, 6) is 0.546. The van der Waals surface area contributed by atoms with Crippen molar-refractivity contribution in [1.82, 2.24) is 10.2 Å². The molecule has 3 N–H and O–H groups in total. The van der Waals surface area contributed by atoms with Gasteiger partial charge < -0.3 is 5.73 Å². The number of H-pyrrole nitrogens is 1. The van der Waals surface area contributed by atoms with Crippen molar-refractivity contribution < 1.29 is 0 Å². The van der Waals surface area contributed by atoms with Gasteiger partial charge in [0.05, 0.1) is 5.69 Å². The average Bonchev–Trinajstić information content (AvgIpc) is 2.87. The molecule has 84 valence electrons. The number of hydrogen-bond donors (Lipinski definition) is 2. The summed E-state index contributed by atoms with van der Waals surface area (Å²) in [6.45, 7) is 2.05. The second-order valence-electron chi connectivity index (χ2n) is 4.47. The van der Waals surface area contributed by atoms with Crippen molar-refractivity contribution in [1.29, 1.82) is 0 Å². The van der Waals surface area contributed by atoms with E-state index in [2.05, 4.69) is 34.6 Å². The molecule has 0 aliphatic heterocycles. The van der Waals surface area contributed by atoms with Crippen LogP contribution in [0.3, 0.4) is 0 Å². The summed E-state index contributed by atoms with van der Waals surface area (Å²) in [6.07, 6.45) is 2.06. The second kappa shape index (κ2) is 3.71. The van der Waals surface area contributed by atoms with E-state index in [1.54, 1.807) is 0 Å². The lowest BCUT2D eigenvalue weighted by molar-refractivity contribution is 0.503. The molecule has 0 fully saturated rings. The molecule has 2 unspecified atom stereocenters. The SMILES string of the molecule is Cc1[nH]nc2c1C(N)CC(c1cccs1)C2. The van der Waals surface area contributed by atoms with Crippen LogP contribution in [0.25, 0.3) is 0 Å². The van der Waals surface area contributed by atoms with Gasteiger partial charge in [-0.05, 0) is 31.2 Å². The van der Waals surface area contributed by atoms with Gasteiger partial charge in [0.1, 0.15) is 0 Å². The molecule has 4 heteroatoms. The normalized spacial score (nSPS) is 24.4. The molecule has 0 radical (unpaired) electrons. The molecule has 3 rings (SSSR count). The van der Waals surface area contributed by atoms with Crippen LogP contribution in [0.5, 0.6) is 0 Å². The van der Waals surface area contributed by atoms with Crippen molar-refractivity contribution >= 4 is 11.3 Å². The lowest BCUT2D eigenvalue weighted by Gasteiger charge is -2.25. The summed E-state index contributed by atoms with van der Waals surface area (Å²) in [6, 6.07) is 4.44. The maximum absolute atomic E-state index is 6.23. The first-order valence-corrected chi connectivity index (χ1v) is 6.46. The molecule has 1 aliphatic rings. The predicted octanol–water partition coefficient (Wildman–Crippen LogP) is 2.51. The van der Waals surface area contributed by atoms with Crippen LogP contribution in [0, 0.1) is 6.92 Å². The summed E-state index contributed by atoms with van der Waals surface area (Å²) in [5.41, 5.74) is 9.77. The number of hydrogen-bond acceptors (Lipinski definition) is 3. The van der Waals surface area contributed by atoms with Crippen molar-refractivity contribution in [2.75, 3.05) is 0 Å². The molecule has 0 saturated carbocycles. The first kappa shape index (κ1) is 10.1. The molecule has 0 amide bonds. The van der Waals surface area contributed by atoms with E-state index in [1.807, 2.05) is 11.3 Å². The van der Waals surface area contributed by atoms with E-state index >= 15 is 0 Å². The first-order chi connectivity index (χ1) is 7.75. The molecule has 0 saturated heterocycles. The van der Waals surface area contributed by atoms with Crippen LogP contribution in [-0.4, -0.2) is 10.2 Å². The maximum Gasteiger partial charge on any atom is 0.0679 e. The fraction of sp³-hybridized carbons (Fsp3) is 0.417. The fourth-order valence-electron chi connectivity index (χ4n) is 2.62. The Bertz CT molecular complexity index is 486. The van der Waals surface area contributed by atoms with Gasteiger partial charge in [-0.2, -0.15) is 5.10 Å². The predicted molar refractivity (Wildman–Crippen MR) is 65.6 cm³/mol. The highest BCUT2D eigenvalue weighted by Crippen LogP contribution is 2.39. The maximum atomic E-state index is 6.23. The molecule has 2 aromatic heterocycles. The minimum Gasteiger partial charge on any atom is -0.324 e. The quantitative estimate of drug-likeness (QED) is 0.795. The Hall–Kier alpha value is -1.13. The van der Waals surface area contributed by atoms with Crippen molar-refractivity contribution in [3.8, 4) is 0 Å². The number of nitrogens with two attached hydrogens (primary N) is 1. The van der Waals surface area contributed by atoms with E-state index in [1.165, 1.54) is 10.4 Å². The molecule has 1 aliphatic carbocycles. The number of aryl methyl sites for hydroxylation is 1. The lowest BCUT2D eigenvalue weighted by atomic mass is 9.83. The van der Waals surface area contributed by atoms with Crippen LogP contribution < -0.4 is 5.73 Å². The highest BCUT2D eigenvalue weighted by molar-refractivity contribution is 7.10. The second-order valence-corrected chi connectivity index (χ2v) is 5.45. The molecular formula is C12H15N3S. The lowest BCUT2D eigenvalue weighted by Crippen LogP contribution is -2.22. The van der Waals surface area contributed by atoms with Crippen LogP contribution in [0.2, 0.25) is 0 Å². The van der Waals surface area contributed by atoms with Gasteiger partial charge in [0, 0.05) is 28.1 Å². The van der Waals surface area contributed by atoms with E-state index < -0.39 is 0 Å². The van der Waals surface area contributed by atoms with Gasteiger partial charge in [-0.3, -0.25) is 5.10 Å². The third-order valence-corrected chi connectivity index (χ3v) is 4.40. The Morgan fingerprint density at radius 3 is 3.19 bits per heavy atom. The third-order valence-electron chi connectivity index (χ3n) is 3.37. The van der Waals surface area contributed by atoms with Gasteiger partial charge in [0.15, 0.2) is 0 Å². The molecule has 0 aromatic carbocycles. The average molecular weight is 233 g/mol. The Morgan fingerprint density at radius 1 is 1.56 bits per heavy atom. The van der Waals surface area contributed by atoms with Gasteiger partial charge in [0.25, 0.3) is 0 Å². The van der Waals surface area contributed by atoms with Gasteiger partial charge >= 0.3 is 0 Å². The van der Waals surface area contributed by atoms with Crippen LogP contribution in [0.1, 0.15) is 40.2 Å². The molecule has 0 spiro atoms. The minimum absolute atomic E-state index is 0.134. The Balaban J connectivity index is 1.95. The smallest absolute Gasteiger partial charge is 0.0679 e. The summed E-state index contributed by atoms with van der Waals surface area (Å²) in [7, 11) is 0. The number of nitrogens with zero attached hydrogens (tertiary/aromatic N) is 1. The Kier molecular flexibility index (Phi) is 2.33. The van der Waals surface area contributed by atoms with Crippen molar-refractivity contribution in [2.24, 2.45) is 5.73 Å². The molecule has 0 bridgehead atoms. The Labute approximate surface area is 98.7 Å². The van der Waals surface area contributed by atoms with Crippen LogP contribution >= 0.6 is 11.3 Å². The summed E-state index contributed by atoms with van der Waals surface area (Å²) in [4.78, 5) is 1.43. The molecule has 2 atom stereocenters. The topological polar surface area (TPSA) is 54.7 Å². The zero-order chi connectivity index (χ0) is 11.1. The number of rotatable bonds is 1. The van der Waals surface area contributed by atoms with Crippen molar-refractivity contribution in [2.45, 2.75) is 31.7 Å². The van der Waals surface area contributed by atoms with E-state index in [-0.39, 0.29) is 6.04 Å². The van der Waals surface area contributed by atoms with Gasteiger partial charge in [-0.1, -0.05) is 6.07 Å². The van der Waals surface area contributed by atoms with E-state index in [9.17, 15) is 0 Å². The van der Waals surface area contributed by atoms with E-state index in [0.717, 1.165) is 24.2 Å². The fourth-order valence-corrected chi connectivity index (χ4v) is 3.46. The number of aromatic amines is 1. The first-order valence-electron chi connectivity index (χ1n) is 5.58. The monoisotopic (exact) mass is 233 g/mol. The van der Waals surface area contributed by atoms with Crippen molar-refractivity contribution in [3.05, 3.63) is 39.3 Å². The molecule has 3 nitrogen and oxygen atoms in total. The summed E-state index contributed by atoms with van der Waals surface area (Å²) < 4.78 is 0. The highest BCUT2D eigenvalue weighted by Gasteiger charge is 2.29. The number of thiophene rings is 1. The third kappa shape index (κ3) is 1.49.